The number of methoxy groups -OCH3 is 1. The molecule has 1 aromatic rings. The largest absolute Gasteiger partial charge is 0.467 e. The number of amides is 1. The molecule has 1 heterocycles. The minimum absolute atomic E-state index is 0.133. The fourth-order valence-corrected chi connectivity index (χ4v) is 1.32. The van der Waals surface area contributed by atoms with E-state index in [2.05, 4.69) is 20.9 Å². The molecule has 7 nitrogen and oxygen atoms in total. The van der Waals surface area contributed by atoms with E-state index in [0.717, 1.165) is 5.76 Å². The Kier molecular flexibility index (Phi) is 7.11. The van der Waals surface area contributed by atoms with Crippen molar-refractivity contribution in [3.8, 4) is 0 Å². The van der Waals surface area contributed by atoms with Gasteiger partial charge >= 0.3 is 0 Å². The Morgan fingerprint density at radius 3 is 2.89 bits per heavy atom. The average molecular weight is 268 g/mol. The van der Waals surface area contributed by atoms with Crippen LogP contribution in [0.3, 0.4) is 0 Å². The second-order valence-electron chi connectivity index (χ2n) is 3.70. The monoisotopic (exact) mass is 268 g/mol. The van der Waals surface area contributed by atoms with Gasteiger partial charge in [0, 0.05) is 20.7 Å². The van der Waals surface area contributed by atoms with Crippen molar-refractivity contribution in [3.63, 3.8) is 0 Å². The normalized spacial score (nSPS) is 11.2. The van der Waals surface area contributed by atoms with Crippen LogP contribution in [-0.4, -0.2) is 45.7 Å². The first-order valence-corrected chi connectivity index (χ1v) is 5.98. The number of rotatable bonds is 7. The molecule has 0 fully saturated rings. The van der Waals surface area contributed by atoms with Crippen LogP contribution in [0.1, 0.15) is 5.76 Å². The Balaban J connectivity index is 2.17. The molecule has 7 heteroatoms. The second kappa shape index (κ2) is 8.98. The Bertz CT molecular complexity index is 390. The molecule has 0 radical (unpaired) electrons. The van der Waals surface area contributed by atoms with Crippen LogP contribution in [0.25, 0.3) is 0 Å². The van der Waals surface area contributed by atoms with Crippen molar-refractivity contribution in [2.45, 2.75) is 6.54 Å². The molecule has 0 unspecified atom stereocenters. The van der Waals surface area contributed by atoms with E-state index in [0.29, 0.717) is 25.7 Å². The molecule has 0 bridgehead atoms. The third-order valence-electron chi connectivity index (χ3n) is 2.28. The maximum atomic E-state index is 11.6. The quantitative estimate of drug-likeness (QED) is 0.359. The van der Waals surface area contributed by atoms with Gasteiger partial charge in [-0.3, -0.25) is 9.79 Å². The van der Waals surface area contributed by atoms with Crippen molar-refractivity contribution in [1.29, 1.82) is 0 Å². The van der Waals surface area contributed by atoms with E-state index in [1.165, 1.54) is 0 Å². The fourth-order valence-electron chi connectivity index (χ4n) is 1.32. The molecule has 3 N–H and O–H groups in total. The summed E-state index contributed by atoms with van der Waals surface area (Å²) >= 11 is 0. The number of carbonyl (C=O) groups excluding carboxylic acids is 1. The van der Waals surface area contributed by atoms with Gasteiger partial charge in [0.2, 0.25) is 5.91 Å². The van der Waals surface area contributed by atoms with Gasteiger partial charge < -0.3 is 25.1 Å². The molecular weight excluding hydrogens is 248 g/mol. The van der Waals surface area contributed by atoms with Crippen molar-refractivity contribution in [2.75, 3.05) is 33.9 Å². The lowest BCUT2D eigenvalue weighted by Crippen LogP contribution is -2.43. The molecule has 19 heavy (non-hydrogen) atoms. The topological polar surface area (TPSA) is 87.9 Å². The van der Waals surface area contributed by atoms with Gasteiger partial charge in [-0.05, 0) is 12.1 Å². The number of hydrogen-bond acceptors (Lipinski definition) is 4. The summed E-state index contributed by atoms with van der Waals surface area (Å²) in [5, 5.41) is 8.64. The highest BCUT2D eigenvalue weighted by Crippen LogP contribution is 1.97. The zero-order valence-corrected chi connectivity index (χ0v) is 11.2. The molecule has 0 saturated carbocycles. The molecule has 0 spiro atoms. The van der Waals surface area contributed by atoms with E-state index in [4.69, 9.17) is 9.15 Å². The number of nitrogens with one attached hydrogen (secondary N) is 3. The smallest absolute Gasteiger partial charge is 0.239 e. The minimum Gasteiger partial charge on any atom is -0.467 e. The Hall–Kier alpha value is -2.02. The van der Waals surface area contributed by atoms with Crippen LogP contribution >= 0.6 is 0 Å². The molecule has 0 aromatic carbocycles. The number of aliphatic imine (C=N–C) groups is 1. The van der Waals surface area contributed by atoms with Gasteiger partial charge in [-0.25, -0.2) is 0 Å². The van der Waals surface area contributed by atoms with Gasteiger partial charge in [-0.2, -0.15) is 0 Å². The summed E-state index contributed by atoms with van der Waals surface area (Å²) in [4.78, 5) is 15.5. The summed E-state index contributed by atoms with van der Waals surface area (Å²) in [6, 6.07) is 3.58. The number of ether oxygens (including phenoxy) is 1. The summed E-state index contributed by atoms with van der Waals surface area (Å²) in [7, 11) is 3.27. The predicted octanol–water partition coefficient (Wildman–Crippen LogP) is -0.293. The number of furan rings is 1. The lowest BCUT2D eigenvalue weighted by molar-refractivity contribution is -0.120. The SMILES string of the molecule is CN=C(NCCOC)NCC(=O)NCc1ccco1. The van der Waals surface area contributed by atoms with E-state index in [-0.39, 0.29) is 12.5 Å². The zero-order chi connectivity index (χ0) is 13.9. The highest BCUT2D eigenvalue weighted by Gasteiger charge is 2.04. The van der Waals surface area contributed by atoms with Crippen molar-refractivity contribution >= 4 is 11.9 Å². The van der Waals surface area contributed by atoms with Crippen LogP contribution in [0.2, 0.25) is 0 Å². The van der Waals surface area contributed by atoms with Crippen molar-refractivity contribution in [2.24, 2.45) is 4.99 Å². The lowest BCUT2D eigenvalue weighted by Gasteiger charge is -2.11. The highest BCUT2D eigenvalue weighted by atomic mass is 16.5. The van der Waals surface area contributed by atoms with Crippen LogP contribution < -0.4 is 16.0 Å². The summed E-state index contributed by atoms with van der Waals surface area (Å²) in [6.07, 6.45) is 1.57. The van der Waals surface area contributed by atoms with E-state index in [1.807, 2.05) is 0 Å². The lowest BCUT2D eigenvalue weighted by atomic mass is 10.4. The predicted molar refractivity (Wildman–Crippen MR) is 71.8 cm³/mol. The summed E-state index contributed by atoms with van der Waals surface area (Å²) < 4.78 is 10.0. The number of guanidine groups is 1. The number of hydrogen-bond donors (Lipinski definition) is 3. The highest BCUT2D eigenvalue weighted by molar-refractivity contribution is 5.86. The third-order valence-corrected chi connectivity index (χ3v) is 2.28. The summed E-state index contributed by atoms with van der Waals surface area (Å²) in [6.45, 7) is 1.73. The summed E-state index contributed by atoms with van der Waals surface area (Å²) in [5.74, 6) is 1.15. The first-order valence-electron chi connectivity index (χ1n) is 5.98. The van der Waals surface area contributed by atoms with Gasteiger partial charge in [0.05, 0.1) is 26.0 Å². The maximum absolute atomic E-state index is 11.6. The molecule has 0 aliphatic carbocycles. The molecule has 1 amide bonds. The fraction of sp³-hybridized carbons (Fsp3) is 0.500. The van der Waals surface area contributed by atoms with E-state index in [1.54, 1.807) is 32.6 Å². The van der Waals surface area contributed by atoms with Gasteiger partial charge in [-0.15, -0.1) is 0 Å². The van der Waals surface area contributed by atoms with Crippen molar-refractivity contribution < 1.29 is 13.9 Å². The molecule has 0 saturated heterocycles. The Morgan fingerprint density at radius 1 is 1.42 bits per heavy atom. The first kappa shape index (κ1) is 15.0. The molecule has 1 rings (SSSR count). The minimum atomic E-state index is -0.133. The van der Waals surface area contributed by atoms with Crippen molar-refractivity contribution in [1.82, 2.24) is 16.0 Å². The molecule has 1 aromatic heterocycles. The van der Waals surface area contributed by atoms with Crippen LogP contribution in [0.15, 0.2) is 27.8 Å². The van der Waals surface area contributed by atoms with Gasteiger partial charge in [-0.1, -0.05) is 0 Å². The van der Waals surface area contributed by atoms with Crippen molar-refractivity contribution in [3.05, 3.63) is 24.2 Å². The molecular formula is C12H20N4O3. The Morgan fingerprint density at radius 2 is 2.26 bits per heavy atom. The average Bonchev–Trinajstić information content (AvgIpc) is 2.93. The van der Waals surface area contributed by atoms with Crippen LogP contribution in [0, 0.1) is 0 Å². The first-order chi connectivity index (χ1) is 9.26. The standard InChI is InChI=1S/C12H20N4O3/c1-13-12(14-5-7-18-2)16-9-11(17)15-8-10-4-3-6-19-10/h3-4,6H,5,7-9H2,1-2H3,(H,15,17)(H2,13,14,16). The van der Waals surface area contributed by atoms with E-state index in [9.17, 15) is 4.79 Å². The van der Waals surface area contributed by atoms with Crippen LogP contribution in [0.4, 0.5) is 0 Å². The van der Waals surface area contributed by atoms with Gasteiger partial charge in [0.1, 0.15) is 5.76 Å². The Labute approximate surface area is 112 Å². The van der Waals surface area contributed by atoms with Gasteiger partial charge in [0.15, 0.2) is 5.96 Å². The van der Waals surface area contributed by atoms with Crippen LogP contribution in [-0.2, 0) is 16.1 Å². The number of nitrogens with zero attached hydrogens (tertiary/aromatic N) is 1. The second-order valence-corrected chi connectivity index (χ2v) is 3.70. The van der Waals surface area contributed by atoms with Crippen LogP contribution in [0.5, 0.6) is 0 Å². The number of carbonyl (C=O) groups is 1. The third kappa shape index (κ3) is 6.46. The molecule has 0 aliphatic rings. The van der Waals surface area contributed by atoms with E-state index < -0.39 is 0 Å². The summed E-state index contributed by atoms with van der Waals surface area (Å²) in [5.41, 5.74) is 0. The molecule has 106 valence electrons. The molecule has 0 atom stereocenters. The zero-order valence-electron chi connectivity index (χ0n) is 11.2. The van der Waals surface area contributed by atoms with E-state index >= 15 is 0 Å². The molecule has 0 aliphatic heterocycles. The maximum Gasteiger partial charge on any atom is 0.239 e. The van der Waals surface area contributed by atoms with Gasteiger partial charge in [0.25, 0.3) is 0 Å².